The van der Waals surface area contributed by atoms with Crippen molar-refractivity contribution in [2.24, 2.45) is 5.92 Å². The molecule has 1 aromatic heterocycles. The lowest BCUT2D eigenvalue weighted by Crippen LogP contribution is -2.46. The minimum absolute atomic E-state index is 0.0772. The molecule has 1 aliphatic carbocycles. The number of benzene rings is 2. The first-order valence-electron chi connectivity index (χ1n) is 11.5. The summed E-state index contributed by atoms with van der Waals surface area (Å²) in [6.07, 6.45) is 3.15. The Balaban J connectivity index is 1.71. The maximum Gasteiger partial charge on any atom is 0.339 e. The van der Waals surface area contributed by atoms with Crippen molar-refractivity contribution in [3.8, 4) is 5.75 Å². The molecule has 3 aromatic rings. The van der Waals surface area contributed by atoms with Gasteiger partial charge in [0.2, 0.25) is 10.0 Å². The van der Waals surface area contributed by atoms with Gasteiger partial charge in [-0.3, -0.25) is 0 Å². The predicted octanol–water partition coefficient (Wildman–Crippen LogP) is 4.20. The van der Waals surface area contributed by atoms with Crippen molar-refractivity contribution in [2.75, 3.05) is 0 Å². The molecule has 0 saturated carbocycles. The first-order chi connectivity index (χ1) is 16.1. The molecule has 0 aliphatic heterocycles. The van der Waals surface area contributed by atoms with E-state index >= 15 is 0 Å². The van der Waals surface area contributed by atoms with Crippen molar-refractivity contribution in [3.63, 3.8) is 0 Å². The van der Waals surface area contributed by atoms with Crippen LogP contribution >= 0.6 is 0 Å². The van der Waals surface area contributed by atoms with Crippen LogP contribution in [0.25, 0.3) is 11.0 Å². The molecule has 2 aromatic carbocycles. The maximum atomic E-state index is 13.3. The lowest BCUT2D eigenvalue weighted by molar-refractivity contribution is -0.137. The summed E-state index contributed by atoms with van der Waals surface area (Å²) in [5, 5.41) is 0.608. The lowest BCUT2D eigenvalue weighted by atomic mass is 9.90. The van der Waals surface area contributed by atoms with E-state index in [2.05, 4.69) is 4.72 Å². The third kappa shape index (κ3) is 4.79. The van der Waals surface area contributed by atoms with Gasteiger partial charge in [0.25, 0.3) is 0 Å². The summed E-state index contributed by atoms with van der Waals surface area (Å²) in [5.74, 6) is -0.800. The van der Waals surface area contributed by atoms with Crippen LogP contribution < -0.4 is 15.1 Å². The highest BCUT2D eigenvalue weighted by molar-refractivity contribution is 7.89. The number of fused-ring (bicyclic) bond motifs is 3. The Morgan fingerprint density at radius 3 is 2.29 bits per heavy atom. The minimum atomic E-state index is -3.94. The number of carbonyl (C=O) groups excluding carboxylic acids is 1. The number of hydrogen-bond donors (Lipinski definition) is 1. The molecule has 0 amide bonds. The molecular weight excluding hydrogens is 454 g/mol. The number of carbonyl (C=O) groups is 1. The molecular formula is C26H29NO6S. The lowest BCUT2D eigenvalue weighted by Gasteiger charge is -2.22. The Hall–Kier alpha value is -2.97. The normalized spacial score (nSPS) is 14.7. The van der Waals surface area contributed by atoms with Gasteiger partial charge in [-0.1, -0.05) is 31.5 Å². The number of aryl methyl sites for hydroxylation is 3. The summed E-state index contributed by atoms with van der Waals surface area (Å²) in [6, 6.07) is 8.78. The van der Waals surface area contributed by atoms with Crippen LogP contribution in [0.1, 0.15) is 48.9 Å². The fourth-order valence-electron chi connectivity index (χ4n) is 4.33. The van der Waals surface area contributed by atoms with Gasteiger partial charge in [0.05, 0.1) is 10.3 Å². The van der Waals surface area contributed by atoms with Crippen LogP contribution in [-0.4, -0.2) is 20.4 Å². The van der Waals surface area contributed by atoms with Crippen LogP contribution in [0.2, 0.25) is 0 Å². The second-order valence-corrected chi connectivity index (χ2v) is 11.0. The SMILES string of the molecule is Cc1ccc(S(=O)(=O)NC(C(=O)Oc2cc(C)cc3oc(=O)c4c(c23)CCCC4)C(C)C)cc1. The summed E-state index contributed by atoms with van der Waals surface area (Å²) in [7, 11) is -3.94. The van der Waals surface area contributed by atoms with E-state index in [9.17, 15) is 18.0 Å². The van der Waals surface area contributed by atoms with Gasteiger partial charge in [-0.25, -0.2) is 18.0 Å². The van der Waals surface area contributed by atoms with Crippen LogP contribution in [0.3, 0.4) is 0 Å². The van der Waals surface area contributed by atoms with E-state index in [1.165, 1.54) is 12.1 Å². The zero-order valence-corrected chi connectivity index (χ0v) is 20.6. The van der Waals surface area contributed by atoms with Crippen LogP contribution in [0, 0.1) is 19.8 Å². The topological polar surface area (TPSA) is 103 Å². The Bertz CT molecular complexity index is 1400. The first-order valence-corrected chi connectivity index (χ1v) is 12.9. The van der Waals surface area contributed by atoms with Gasteiger partial charge in [0, 0.05) is 5.56 Å². The largest absolute Gasteiger partial charge is 0.425 e. The van der Waals surface area contributed by atoms with Crippen LogP contribution in [0.15, 0.2) is 50.5 Å². The number of sulfonamides is 1. The highest BCUT2D eigenvalue weighted by atomic mass is 32.2. The smallest absolute Gasteiger partial charge is 0.339 e. The molecule has 1 atom stereocenters. The highest BCUT2D eigenvalue weighted by Crippen LogP contribution is 2.35. The fourth-order valence-corrected chi connectivity index (χ4v) is 5.66. The zero-order chi connectivity index (χ0) is 24.6. The molecule has 7 nitrogen and oxygen atoms in total. The van der Waals surface area contributed by atoms with Gasteiger partial charge < -0.3 is 9.15 Å². The molecule has 1 aliphatic rings. The number of ether oxygens (including phenoxy) is 1. The monoisotopic (exact) mass is 483 g/mol. The maximum absolute atomic E-state index is 13.3. The average molecular weight is 484 g/mol. The first kappa shape index (κ1) is 24.2. The zero-order valence-electron chi connectivity index (χ0n) is 19.8. The summed E-state index contributed by atoms with van der Waals surface area (Å²) in [5.41, 5.74) is 3.18. The Morgan fingerprint density at radius 2 is 1.65 bits per heavy atom. The number of esters is 1. The molecule has 34 heavy (non-hydrogen) atoms. The van der Waals surface area contributed by atoms with Gasteiger partial charge >= 0.3 is 11.6 Å². The van der Waals surface area contributed by atoms with Crippen molar-refractivity contribution < 1.29 is 22.4 Å². The van der Waals surface area contributed by atoms with Gasteiger partial charge in [-0.15, -0.1) is 0 Å². The van der Waals surface area contributed by atoms with Crippen molar-refractivity contribution >= 4 is 27.0 Å². The van der Waals surface area contributed by atoms with Crippen molar-refractivity contribution in [1.82, 2.24) is 4.72 Å². The standard InChI is InChI=1S/C26H29NO6S/c1-15(2)24(27-34(30,31)18-11-9-16(3)10-12-18)26(29)33-22-14-17(4)13-21-23(22)19-7-5-6-8-20(19)25(28)32-21/h9-15,24,27H,5-8H2,1-4H3. The molecule has 8 heteroatoms. The minimum Gasteiger partial charge on any atom is -0.425 e. The van der Waals surface area contributed by atoms with Crippen molar-refractivity contribution in [2.45, 2.75) is 64.3 Å². The fraction of sp³-hybridized carbons (Fsp3) is 0.385. The Labute approximate surface area is 199 Å². The third-order valence-corrected chi connectivity index (χ3v) is 7.63. The second-order valence-electron chi connectivity index (χ2n) is 9.27. The van der Waals surface area contributed by atoms with E-state index in [4.69, 9.17) is 9.15 Å². The molecule has 0 radical (unpaired) electrons. The summed E-state index contributed by atoms with van der Waals surface area (Å²) < 4.78 is 39.8. The molecule has 0 fully saturated rings. The summed E-state index contributed by atoms with van der Waals surface area (Å²) in [6.45, 7) is 7.18. The Morgan fingerprint density at radius 1 is 1.00 bits per heavy atom. The van der Waals surface area contributed by atoms with Gasteiger partial charge in [-0.2, -0.15) is 4.72 Å². The summed E-state index contributed by atoms with van der Waals surface area (Å²) >= 11 is 0. The Kier molecular flexibility index (Phi) is 6.64. The van der Waals surface area contributed by atoms with Crippen molar-refractivity contribution in [1.29, 1.82) is 0 Å². The van der Waals surface area contributed by atoms with E-state index in [0.29, 0.717) is 29.4 Å². The molecule has 0 saturated heterocycles. The van der Waals surface area contributed by atoms with Crippen molar-refractivity contribution in [3.05, 3.63) is 69.1 Å². The number of rotatable bonds is 6. The summed E-state index contributed by atoms with van der Waals surface area (Å²) in [4.78, 5) is 25.8. The van der Waals surface area contributed by atoms with Crippen LogP contribution in [0.5, 0.6) is 5.75 Å². The predicted molar refractivity (Wildman–Crippen MR) is 130 cm³/mol. The van der Waals surface area contributed by atoms with E-state index in [-0.39, 0.29) is 22.2 Å². The number of nitrogens with one attached hydrogen (secondary N) is 1. The van der Waals surface area contributed by atoms with E-state index < -0.39 is 22.0 Å². The van der Waals surface area contributed by atoms with Gasteiger partial charge in [0.1, 0.15) is 17.4 Å². The van der Waals surface area contributed by atoms with E-state index in [0.717, 1.165) is 29.5 Å². The molecule has 1 heterocycles. The molecule has 0 bridgehead atoms. The van der Waals surface area contributed by atoms with Crippen LogP contribution in [-0.2, 0) is 27.7 Å². The second kappa shape index (κ2) is 9.35. The third-order valence-electron chi connectivity index (χ3n) is 6.17. The van der Waals surface area contributed by atoms with Gasteiger partial charge in [0.15, 0.2) is 0 Å². The molecule has 180 valence electrons. The van der Waals surface area contributed by atoms with Gasteiger partial charge in [-0.05, 0) is 80.8 Å². The number of hydrogen-bond acceptors (Lipinski definition) is 6. The quantitative estimate of drug-likeness (QED) is 0.320. The van der Waals surface area contributed by atoms with E-state index in [1.807, 2.05) is 13.8 Å². The molecule has 0 spiro atoms. The molecule has 1 N–H and O–H groups in total. The average Bonchev–Trinajstić information content (AvgIpc) is 2.77. The highest BCUT2D eigenvalue weighted by Gasteiger charge is 2.31. The molecule has 4 rings (SSSR count). The molecule has 1 unspecified atom stereocenters. The van der Waals surface area contributed by atoms with Crippen LogP contribution in [0.4, 0.5) is 0 Å². The van der Waals surface area contributed by atoms with E-state index in [1.54, 1.807) is 38.1 Å².